The lowest BCUT2D eigenvalue weighted by Gasteiger charge is -2.07. The molecule has 1 saturated carbocycles. The molecule has 0 heterocycles. The Morgan fingerprint density at radius 1 is 1.22 bits per heavy atom. The third-order valence-corrected chi connectivity index (χ3v) is 4.93. The average Bonchev–Trinajstić information content (AvgIpc) is 3.34. The fourth-order valence-corrected chi connectivity index (χ4v) is 3.22. The molecule has 1 aromatic carbocycles. The Hall–Kier alpha value is -1.93. The van der Waals surface area contributed by atoms with Crippen molar-refractivity contribution in [1.82, 2.24) is 10.0 Å². The van der Waals surface area contributed by atoms with E-state index in [1.54, 1.807) is 0 Å². The van der Waals surface area contributed by atoms with Crippen molar-refractivity contribution in [2.45, 2.75) is 36.6 Å². The first-order chi connectivity index (χ1) is 10.9. The van der Waals surface area contributed by atoms with E-state index in [1.807, 2.05) is 0 Å². The van der Waals surface area contributed by atoms with E-state index >= 15 is 0 Å². The Bertz CT molecular complexity index is 666. The van der Waals surface area contributed by atoms with Crippen LogP contribution in [-0.2, 0) is 19.6 Å². The van der Waals surface area contributed by atoms with Crippen LogP contribution in [0.2, 0.25) is 0 Å². The van der Waals surface area contributed by atoms with E-state index in [0.29, 0.717) is 18.5 Å². The van der Waals surface area contributed by atoms with Crippen molar-refractivity contribution in [3.63, 3.8) is 0 Å². The van der Waals surface area contributed by atoms with Gasteiger partial charge in [-0.3, -0.25) is 9.59 Å². The summed E-state index contributed by atoms with van der Waals surface area (Å²) in [4.78, 5) is 23.0. The summed E-state index contributed by atoms with van der Waals surface area (Å²) in [5.41, 5.74) is 0.369. The van der Waals surface area contributed by atoms with Gasteiger partial charge in [0.2, 0.25) is 10.0 Å². The minimum absolute atomic E-state index is 0.0396. The highest BCUT2D eigenvalue weighted by Crippen LogP contribution is 2.22. The molecule has 0 atom stereocenters. The van der Waals surface area contributed by atoms with Crippen LogP contribution in [-0.4, -0.2) is 40.0 Å². The summed E-state index contributed by atoms with van der Waals surface area (Å²) in [6.45, 7) is 0.344. The van der Waals surface area contributed by atoms with Gasteiger partial charge in [-0.1, -0.05) is 0 Å². The van der Waals surface area contributed by atoms with E-state index in [9.17, 15) is 18.0 Å². The number of methoxy groups -OCH3 is 1. The highest BCUT2D eigenvalue weighted by atomic mass is 32.2. The van der Waals surface area contributed by atoms with Crippen molar-refractivity contribution < 1.29 is 22.7 Å². The van der Waals surface area contributed by atoms with Crippen molar-refractivity contribution in [1.29, 1.82) is 0 Å². The van der Waals surface area contributed by atoms with Gasteiger partial charge in [-0.05, 0) is 43.5 Å². The normalized spacial score (nSPS) is 14.3. The lowest BCUT2D eigenvalue weighted by molar-refractivity contribution is -0.140. The molecule has 0 saturated heterocycles. The van der Waals surface area contributed by atoms with Gasteiger partial charge in [0.05, 0.1) is 12.0 Å². The van der Waals surface area contributed by atoms with E-state index < -0.39 is 10.0 Å². The molecule has 0 bridgehead atoms. The molecule has 1 amide bonds. The zero-order chi connectivity index (χ0) is 16.9. The number of rotatable bonds is 8. The second-order valence-electron chi connectivity index (χ2n) is 5.36. The first kappa shape index (κ1) is 17.4. The van der Waals surface area contributed by atoms with Gasteiger partial charge in [-0.2, -0.15) is 0 Å². The predicted molar refractivity (Wildman–Crippen MR) is 83.4 cm³/mol. The zero-order valence-electron chi connectivity index (χ0n) is 12.9. The molecule has 1 aliphatic carbocycles. The third kappa shape index (κ3) is 5.33. The minimum atomic E-state index is -3.51. The van der Waals surface area contributed by atoms with Crippen LogP contribution in [0.3, 0.4) is 0 Å². The molecule has 2 N–H and O–H groups in total. The SMILES string of the molecule is COC(=O)CCCNC(=O)c1ccc(S(=O)(=O)NC2CC2)cc1. The molecule has 1 aromatic rings. The van der Waals surface area contributed by atoms with Crippen molar-refractivity contribution in [2.75, 3.05) is 13.7 Å². The monoisotopic (exact) mass is 340 g/mol. The maximum absolute atomic E-state index is 12.0. The Balaban J connectivity index is 1.86. The molecule has 1 aliphatic rings. The molecule has 0 spiro atoms. The molecule has 23 heavy (non-hydrogen) atoms. The number of amides is 1. The Labute approximate surface area is 135 Å². The quantitative estimate of drug-likeness (QED) is 0.539. The van der Waals surface area contributed by atoms with E-state index in [2.05, 4.69) is 14.8 Å². The van der Waals surface area contributed by atoms with Gasteiger partial charge in [-0.15, -0.1) is 0 Å². The smallest absolute Gasteiger partial charge is 0.305 e. The first-order valence-corrected chi connectivity index (χ1v) is 8.88. The summed E-state index contributed by atoms with van der Waals surface area (Å²) < 4.78 is 31.1. The second-order valence-corrected chi connectivity index (χ2v) is 7.07. The van der Waals surface area contributed by atoms with Gasteiger partial charge < -0.3 is 10.1 Å². The lowest BCUT2D eigenvalue weighted by Crippen LogP contribution is -2.26. The first-order valence-electron chi connectivity index (χ1n) is 7.40. The zero-order valence-corrected chi connectivity index (χ0v) is 13.7. The average molecular weight is 340 g/mol. The van der Waals surface area contributed by atoms with Crippen molar-refractivity contribution in [3.05, 3.63) is 29.8 Å². The van der Waals surface area contributed by atoms with Gasteiger partial charge >= 0.3 is 5.97 Å². The van der Waals surface area contributed by atoms with Gasteiger partial charge in [0.25, 0.3) is 5.91 Å². The van der Waals surface area contributed by atoms with Crippen molar-refractivity contribution in [3.8, 4) is 0 Å². The number of ether oxygens (including phenoxy) is 1. The number of hydrogen-bond acceptors (Lipinski definition) is 5. The summed E-state index contributed by atoms with van der Waals surface area (Å²) in [6.07, 6.45) is 2.45. The molecule has 0 aromatic heterocycles. The number of carbonyl (C=O) groups is 2. The highest BCUT2D eigenvalue weighted by molar-refractivity contribution is 7.89. The Morgan fingerprint density at radius 3 is 2.43 bits per heavy atom. The molecular formula is C15H20N2O5S. The molecule has 126 valence electrons. The second kappa shape index (κ2) is 7.56. The van der Waals surface area contributed by atoms with Crippen LogP contribution < -0.4 is 10.0 Å². The number of benzene rings is 1. The molecule has 2 rings (SSSR count). The minimum Gasteiger partial charge on any atom is -0.469 e. The largest absolute Gasteiger partial charge is 0.469 e. The third-order valence-electron chi connectivity index (χ3n) is 3.40. The highest BCUT2D eigenvalue weighted by Gasteiger charge is 2.27. The Kier molecular flexibility index (Phi) is 5.73. The fraction of sp³-hybridized carbons (Fsp3) is 0.467. The van der Waals surface area contributed by atoms with Gasteiger partial charge in [-0.25, -0.2) is 13.1 Å². The van der Waals surface area contributed by atoms with E-state index in [4.69, 9.17) is 0 Å². The lowest BCUT2D eigenvalue weighted by atomic mass is 10.2. The van der Waals surface area contributed by atoms with Gasteiger partial charge in [0.15, 0.2) is 0 Å². The van der Waals surface area contributed by atoms with Crippen molar-refractivity contribution >= 4 is 21.9 Å². The Morgan fingerprint density at radius 2 is 1.87 bits per heavy atom. The summed E-state index contributed by atoms with van der Waals surface area (Å²) in [5, 5.41) is 2.67. The van der Waals surface area contributed by atoms with Crippen LogP contribution in [0.15, 0.2) is 29.2 Å². The van der Waals surface area contributed by atoms with Crippen LogP contribution in [0.5, 0.6) is 0 Å². The standard InChI is InChI=1S/C15H20N2O5S/c1-22-14(18)3-2-10-16-15(19)11-4-8-13(9-5-11)23(20,21)17-12-6-7-12/h4-5,8-9,12,17H,2-3,6-7,10H2,1H3,(H,16,19). The molecule has 0 radical (unpaired) electrons. The van der Waals surface area contributed by atoms with Crippen LogP contribution in [0, 0.1) is 0 Å². The predicted octanol–water partition coefficient (Wildman–Crippen LogP) is 0.810. The number of carbonyl (C=O) groups excluding carboxylic acids is 2. The molecule has 8 heteroatoms. The maximum atomic E-state index is 12.0. The van der Waals surface area contributed by atoms with Crippen LogP contribution in [0.4, 0.5) is 0 Å². The van der Waals surface area contributed by atoms with E-state index in [0.717, 1.165) is 12.8 Å². The van der Waals surface area contributed by atoms with E-state index in [1.165, 1.54) is 31.4 Å². The number of esters is 1. The van der Waals surface area contributed by atoms with E-state index in [-0.39, 0.29) is 29.2 Å². The molecule has 0 unspecified atom stereocenters. The summed E-state index contributed by atoms with van der Waals surface area (Å²) >= 11 is 0. The fourth-order valence-electron chi connectivity index (χ4n) is 1.91. The molecule has 7 nitrogen and oxygen atoms in total. The van der Waals surface area contributed by atoms with Crippen LogP contribution >= 0.6 is 0 Å². The number of sulfonamides is 1. The number of nitrogens with one attached hydrogen (secondary N) is 2. The van der Waals surface area contributed by atoms with Crippen LogP contribution in [0.1, 0.15) is 36.0 Å². The van der Waals surface area contributed by atoms with Crippen LogP contribution in [0.25, 0.3) is 0 Å². The summed E-state index contributed by atoms with van der Waals surface area (Å²) in [6, 6.07) is 5.80. The van der Waals surface area contributed by atoms with Gasteiger partial charge in [0, 0.05) is 24.6 Å². The van der Waals surface area contributed by atoms with Gasteiger partial charge in [0.1, 0.15) is 0 Å². The summed E-state index contributed by atoms with van der Waals surface area (Å²) in [7, 11) is -2.19. The van der Waals surface area contributed by atoms with Crippen molar-refractivity contribution in [2.24, 2.45) is 0 Å². The maximum Gasteiger partial charge on any atom is 0.305 e. The summed E-state index contributed by atoms with van der Waals surface area (Å²) in [5.74, 6) is -0.633. The molecular weight excluding hydrogens is 320 g/mol. The topological polar surface area (TPSA) is 102 Å². The molecule has 1 fully saturated rings. The number of hydrogen-bond donors (Lipinski definition) is 2. The molecule has 0 aliphatic heterocycles.